The molecule has 0 spiro atoms. The molecule has 23 heavy (non-hydrogen) atoms. The maximum atomic E-state index is 11.7. The standard InChI is InChI=1S/C19H26N2O2/c1-2-3-4-5-6-14-7-12-18(17(13-14)19(20)23)21-15-8-10-16(22)11-9-15/h7,12-13,15-16,21-22H,2-4,8-11H2,1H3,(H2,20,23). The lowest BCUT2D eigenvalue weighted by Gasteiger charge is -2.27. The van der Waals surface area contributed by atoms with Gasteiger partial charge in [0.05, 0.1) is 11.7 Å². The topological polar surface area (TPSA) is 75.3 Å². The number of rotatable bonds is 5. The molecular weight excluding hydrogens is 288 g/mol. The first-order chi connectivity index (χ1) is 11.1. The zero-order valence-electron chi connectivity index (χ0n) is 13.8. The number of amides is 1. The molecule has 0 aromatic heterocycles. The number of nitrogens with two attached hydrogens (primary N) is 1. The summed E-state index contributed by atoms with van der Waals surface area (Å²) >= 11 is 0. The number of aliphatic hydroxyl groups is 1. The van der Waals surface area contributed by atoms with E-state index in [2.05, 4.69) is 24.1 Å². The van der Waals surface area contributed by atoms with Gasteiger partial charge in [0.15, 0.2) is 0 Å². The lowest BCUT2D eigenvalue weighted by molar-refractivity contribution is 0.100. The zero-order valence-corrected chi connectivity index (χ0v) is 13.8. The Hall–Kier alpha value is -1.99. The highest BCUT2D eigenvalue weighted by molar-refractivity contribution is 5.99. The van der Waals surface area contributed by atoms with Gasteiger partial charge in [-0.25, -0.2) is 0 Å². The Morgan fingerprint density at radius 1 is 1.35 bits per heavy atom. The van der Waals surface area contributed by atoms with E-state index in [1.165, 1.54) is 0 Å². The average Bonchev–Trinajstić information content (AvgIpc) is 2.54. The van der Waals surface area contributed by atoms with Gasteiger partial charge in [-0.2, -0.15) is 0 Å². The first kappa shape index (κ1) is 17.4. The van der Waals surface area contributed by atoms with Crippen molar-refractivity contribution in [2.75, 3.05) is 5.32 Å². The number of hydrogen-bond donors (Lipinski definition) is 3. The van der Waals surface area contributed by atoms with Crippen molar-refractivity contribution in [3.8, 4) is 11.8 Å². The van der Waals surface area contributed by atoms with Crippen molar-refractivity contribution >= 4 is 11.6 Å². The lowest BCUT2D eigenvalue weighted by atomic mass is 9.92. The van der Waals surface area contributed by atoms with Gasteiger partial charge < -0.3 is 16.2 Å². The van der Waals surface area contributed by atoms with Crippen molar-refractivity contribution in [2.24, 2.45) is 5.73 Å². The molecule has 1 aromatic rings. The molecule has 4 N–H and O–H groups in total. The number of carbonyl (C=O) groups is 1. The maximum absolute atomic E-state index is 11.7. The van der Waals surface area contributed by atoms with Gasteiger partial charge in [0, 0.05) is 23.7 Å². The third kappa shape index (κ3) is 5.30. The van der Waals surface area contributed by atoms with Crippen LogP contribution in [0.4, 0.5) is 5.69 Å². The van der Waals surface area contributed by atoms with Crippen molar-refractivity contribution < 1.29 is 9.90 Å². The van der Waals surface area contributed by atoms with E-state index in [-0.39, 0.29) is 12.1 Å². The van der Waals surface area contributed by atoms with Gasteiger partial charge in [0.1, 0.15) is 0 Å². The summed E-state index contributed by atoms with van der Waals surface area (Å²) in [7, 11) is 0. The first-order valence-corrected chi connectivity index (χ1v) is 8.47. The number of benzene rings is 1. The monoisotopic (exact) mass is 314 g/mol. The molecule has 1 fully saturated rings. The summed E-state index contributed by atoms with van der Waals surface area (Å²) in [6.45, 7) is 2.14. The minimum absolute atomic E-state index is 0.190. The van der Waals surface area contributed by atoms with E-state index < -0.39 is 5.91 Å². The van der Waals surface area contributed by atoms with Crippen molar-refractivity contribution in [2.45, 2.75) is 64.0 Å². The summed E-state index contributed by atoms with van der Waals surface area (Å²) < 4.78 is 0. The smallest absolute Gasteiger partial charge is 0.250 e. The van der Waals surface area contributed by atoms with Crippen LogP contribution in [-0.4, -0.2) is 23.2 Å². The fourth-order valence-corrected chi connectivity index (χ4v) is 2.82. The normalized spacial score (nSPS) is 20.4. The number of nitrogens with one attached hydrogen (secondary N) is 1. The number of aliphatic hydroxyl groups excluding tert-OH is 1. The van der Waals surface area contributed by atoms with E-state index in [9.17, 15) is 9.90 Å². The van der Waals surface area contributed by atoms with Crippen LogP contribution in [0, 0.1) is 11.8 Å². The molecule has 1 aliphatic rings. The molecule has 124 valence electrons. The van der Waals surface area contributed by atoms with Gasteiger partial charge >= 0.3 is 0 Å². The Kier molecular flexibility index (Phi) is 6.49. The highest BCUT2D eigenvalue weighted by Crippen LogP contribution is 2.24. The minimum atomic E-state index is -0.444. The van der Waals surface area contributed by atoms with Crippen LogP contribution in [0.3, 0.4) is 0 Å². The molecule has 4 heteroatoms. The van der Waals surface area contributed by atoms with Crippen LogP contribution in [0.5, 0.6) is 0 Å². The second-order valence-corrected chi connectivity index (χ2v) is 6.18. The molecule has 0 saturated heterocycles. The second-order valence-electron chi connectivity index (χ2n) is 6.18. The molecule has 0 bridgehead atoms. The molecule has 0 unspecified atom stereocenters. The molecule has 1 saturated carbocycles. The van der Waals surface area contributed by atoms with Crippen molar-refractivity contribution in [3.63, 3.8) is 0 Å². The summed E-state index contributed by atoms with van der Waals surface area (Å²) in [6.07, 6.45) is 6.28. The molecular formula is C19H26N2O2. The van der Waals surface area contributed by atoms with Gasteiger partial charge in [-0.3, -0.25) is 4.79 Å². The largest absolute Gasteiger partial charge is 0.393 e. The van der Waals surface area contributed by atoms with Gasteiger partial charge in [0.2, 0.25) is 0 Å². The van der Waals surface area contributed by atoms with E-state index in [1.807, 2.05) is 12.1 Å². The van der Waals surface area contributed by atoms with Crippen molar-refractivity contribution in [1.29, 1.82) is 0 Å². The van der Waals surface area contributed by atoms with E-state index >= 15 is 0 Å². The van der Waals surface area contributed by atoms with Crippen LogP contribution in [0.15, 0.2) is 18.2 Å². The molecule has 0 heterocycles. The summed E-state index contributed by atoms with van der Waals surface area (Å²) in [4.78, 5) is 11.7. The average molecular weight is 314 g/mol. The van der Waals surface area contributed by atoms with E-state index in [1.54, 1.807) is 6.07 Å². The summed E-state index contributed by atoms with van der Waals surface area (Å²) in [5, 5.41) is 13.0. The van der Waals surface area contributed by atoms with Gasteiger partial charge in [-0.05, 0) is 50.3 Å². The third-order valence-corrected chi connectivity index (χ3v) is 4.23. The minimum Gasteiger partial charge on any atom is -0.393 e. The fourth-order valence-electron chi connectivity index (χ4n) is 2.82. The van der Waals surface area contributed by atoms with Crippen LogP contribution in [-0.2, 0) is 0 Å². The molecule has 4 nitrogen and oxygen atoms in total. The Morgan fingerprint density at radius 3 is 2.74 bits per heavy atom. The van der Waals surface area contributed by atoms with E-state index in [0.717, 1.165) is 56.2 Å². The van der Waals surface area contributed by atoms with E-state index in [0.29, 0.717) is 5.56 Å². The molecule has 0 atom stereocenters. The van der Waals surface area contributed by atoms with Gasteiger partial charge in [-0.1, -0.05) is 25.2 Å². The predicted molar refractivity (Wildman–Crippen MR) is 93.2 cm³/mol. The lowest BCUT2D eigenvalue weighted by Crippen LogP contribution is -2.29. The van der Waals surface area contributed by atoms with Gasteiger partial charge in [-0.15, -0.1) is 0 Å². The predicted octanol–water partition coefficient (Wildman–Crippen LogP) is 3.04. The number of primary amides is 1. The number of hydrogen-bond acceptors (Lipinski definition) is 3. The summed E-state index contributed by atoms with van der Waals surface area (Å²) in [5.74, 6) is 5.77. The summed E-state index contributed by atoms with van der Waals surface area (Å²) in [6, 6.07) is 5.85. The summed E-state index contributed by atoms with van der Waals surface area (Å²) in [5.41, 5.74) is 7.59. The Morgan fingerprint density at radius 2 is 2.09 bits per heavy atom. The molecule has 1 aromatic carbocycles. The molecule has 1 aliphatic carbocycles. The van der Waals surface area contributed by atoms with E-state index in [4.69, 9.17) is 5.73 Å². The van der Waals surface area contributed by atoms with Crippen LogP contribution >= 0.6 is 0 Å². The maximum Gasteiger partial charge on any atom is 0.250 e. The third-order valence-electron chi connectivity index (χ3n) is 4.23. The van der Waals surface area contributed by atoms with Crippen LogP contribution in [0.2, 0.25) is 0 Å². The highest BCUT2D eigenvalue weighted by atomic mass is 16.3. The van der Waals surface area contributed by atoms with Crippen LogP contribution in [0.25, 0.3) is 0 Å². The zero-order chi connectivity index (χ0) is 16.7. The SMILES string of the molecule is CCCCC#Cc1ccc(NC2CCC(O)CC2)c(C(N)=O)c1. The first-order valence-electron chi connectivity index (χ1n) is 8.47. The number of carbonyl (C=O) groups excluding carboxylic acids is 1. The molecule has 0 radical (unpaired) electrons. The quantitative estimate of drug-likeness (QED) is 0.577. The Labute approximate surface area is 138 Å². The highest BCUT2D eigenvalue weighted by Gasteiger charge is 2.20. The number of anilines is 1. The van der Waals surface area contributed by atoms with Crippen LogP contribution in [0.1, 0.15) is 67.8 Å². The Bertz CT molecular complexity index is 593. The van der Waals surface area contributed by atoms with Gasteiger partial charge in [0.25, 0.3) is 5.91 Å². The second kappa shape index (κ2) is 8.59. The fraction of sp³-hybridized carbons (Fsp3) is 0.526. The molecule has 0 aliphatic heterocycles. The Balaban J connectivity index is 2.09. The molecule has 1 amide bonds. The number of unbranched alkanes of at least 4 members (excludes halogenated alkanes) is 2. The van der Waals surface area contributed by atoms with Crippen LogP contribution < -0.4 is 11.1 Å². The molecule has 2 rings (SSSR count). The van der Waals surface area contributed by atoms with Crippen molar-refractivity contribution in [3.05, 3.63) is 29.3 Å². The van der Waals surface area contributed by atoms with Crippen molar-refractivity contribution in [1.82, 2.24) is 0 Å².